The van der Waals surface area contributed by atoms with Crippen molar-refractivity contribution in [2.75, 3.05) is 13.1 Å². The number of hydrogen-bond acceptors (Lipinski definition) is 3. The number of halogens is 1. The van der Waals surface area contributed by atoms with E-state index < -0.39 is 18.3 Å². The van der Waals surface area contributed by atoms with Crippen LogP contribution in [0.25, 0.3) is 0 Å². The van der Waals surface area contributed by atoms with Gasteiger partial charge in [0.15, 0.2) is 0 Å². The minimum Gasteiger partial charge on any atom is -0.399 e. The van der Waals surface area contributed by atoms with Crippen LogP contribution in [0, 0.1) is 5.82 Å². The Bertz CT molecular complexity index is 540. The summed E-state index contributed by atoms with van der Waals surface area (Å²) in [6.45, 7) is 11.0. The summed E-state index contributed by atoms with van der Waals surface area (Å²) in [5.41, 5.74) is 0.611. The number of benzene rings is 1. The fraction of sp³-hybridized carbons (Fsp3) is 0.647. The Morgan fingerprint density at radius 3 is 2.23 bits per heavy atom. The highest BCUT2D eigenvalue weighted by Gasteiger charge is 2.52. The van der Waals surface area contributed by atoms with Crippen molar-refractivity contribution < 1.29 is 13.7 Å². The topological polar surface area (TPSA) is 21.7 Å². The Hall–Kier alpha value is -0.905. The third-order valence-corrected chi connectivity index (χ3v) is 5.18. The molecule has 0 N–H and O–H groups in total. The third kappa shape index (κ3) is 2.94. The molecule has 0 atom stereocenters. The maximum absolute atomic E-state index is 14.5. The molecule has 0 spiro atoms. The van der Waals surface area contributed by atoms with Gasteiger partial charge in [-0.1, -0.05) is 12.1 Å². The monoisotopic (exact) mass is 305 g/mol. The normalized spacial score (nSPS) is 24.1. The van der Waals surface area contributed by atoms with Gasteiger partial charge in [0.2, 0.25) is 0 Å². The van der Waals surface area contributed by atoms with Crippen molar-refractivity contribution in [3.63, 3.8) is 0 Å². The Labute approximate surface area is 132 Å². The molecule has 0 aromatic heterocycles. The van der Waals surface area contributed by atoms with Crippen molar-refractivity contribution in [3.8, 4) is 0 Å². The highest BCUT2D eigenvalue weighted by molar-refractivity contribution is 6.62. The van der Waals surface area contributed by atoms with E-state index in [4.69, 9.17) is 9.31 Å². The van der Waals surface area contributed by atoms with E-state index in [1.165, 1.54) is 12.8 Å². The van der Waals surface area contributed by atoms with Crippen LogP contribution in [0.4, 0.5) is 4.39 Å². The van der Waals surface area contributed by atoms with Crippen molar-refractivity contribution in [1.29, 1.82) is 0 Å². The number of nitrogens with zero attached hydrogens (tertiary/aromatic N) is 1. The van der Waals surface area contributed by atoms with E-state index in [0.717, 1.165) is 25.2 Å². The lowest BCUT2D eigenvalue weighted by Gasteiger charge is -2.32. The molecule has 2 fully saturated rings. The molecule has 0 amide bonds. The first-order valence-electron chi connectivity index (χ1n) is 8.15. The molecule has 0 aliphatic carbocycles. The second-order valence-electron chi connectivity index (χ2n) is 7.43. The molecule has 2 aliphatic rings. The van der Waals surface area contributed by atoms with Gasteiger partial charge in [-0.2, -0.15) is 0 Å². The zero-order valence-electron chi connectivity index (χ0n) is 14.0. The average Bonchev–Trinajstić information content (AvgIpc) is 2.96. The minimum absolute atomic E-state index is 0.241. The average molecular weight is 305 g/mol. The fourth-order valence-corrected chi connectivity index (χ4v) is 3.03. The summed E-state index contributed by atoms with van der Waals surface area (Å²) in [6.07, 6.45) is 2.49. The second kappa shape index (κ2) is 5.62. The zero-order valence-corrected chi connectivity index (χ0v) is 14.0. The fourth-order valence-electron chi connectivity index (χ4n) is 3.03. The van der Waals surface area contributed by atoms with Crippen LogP contribution in [0.5, 0.6) is 0 Å². The molecule has 3 nitrogen and oxygen atoms in total. The molecule has 0 unspecified atom stereocenters. The van der Waals surface area contributed by atoms with E-state index in [9.17, 15) is 4.39 Å². The molecule has 0 radical (unpaired) electrons. The van der Waals surface area contributed by atoms with Crippen LogP contribution in [-0.2, 0) is 15.9 Å². The van der Waals surface area contributed by atoms with Gasteiger partial charge in [0.05, 0.1) is 11.2 Å². The van der Waals surface area contributed by atoms with Crippen LogP contribution in [0.15, 0.2) is 18.2 Å². The van der Waals surface area contributed by atoms with Gasteiger partial charge in [-0.25, -0.2) is 4.39 Å². The van der Waals surface area contributed by atoms with Gasteiger partial charge in [0.25, 0.3) is 0 Å². The largest absolute Gasteiger partial charge is 0.497 e. The molecular formula is C17H25BFNO2. The minimum atomic E-state index is -0.633. The Kier molecular flexibility index (Phi) is 4.08. The van der Waals surface area contributed by atoms with Gasteiger partial charge >= 0.3 is 7.12 Å². The quantitative estimate of drug-likeness (QED) is 0.802. The maximum atomic E-state index is 14.5. The summed E-state index contributed by atoms with van der Waals surface area (Å²) >= 11 is 0. The van der Waals surface area contributed by atoms with Crippen LogP contribution in [0.3, 0.4) is 0 Å². The summed E-state index contributed by atoms with van der Waals surface area (Å²) in [5.74, 6) is -0.241. The van der Waals surface area contributed by atoms with Crippen LogP contribution in [0.2, 0.25) is 0 Å². The standard InChI is InChI=1S/C17H25BFNO2/c1-16(2)17(3,4)22-18(21-16)14-8-7-13(11-15(14)19)12-20-9-5-6-10-20/h7-8,11H,5-6,9-10,12H2,1-4H3. The molecule has 22 heavy (non-hydrogen) atoms. The summed E-state index contributed by atoms with van der Waals surface area (Å²) in [4.78, 5) is 2.36. The Balaban J connectivity index is 1.75. The van der Waals surface area contributed by atoms with Crippen LogP contribution >= 0.6 is 0 Å². The molecule has 120 valence electrons. The molecule has 2 heterocycles. The molecule has 1 aromatic carbocycles. The molecular weight excluding hydrogens is 280 g/mol. The van der Waals surface area contributed by atoms with Gasteiger partial charge in [0, 0.05) is 12.0 Å². The first-order valence-corrected chi connectivity index (χ1v) is 8.15. The number of rotatable bonds is 3. The third-order valence-electron chi connectivity index (χ3n) is 5.18. The lowest BCUT2D eigenvalue weighted by Crippen LogP contribution is -2.41. The van der Waals surface area contributed by atoms with Crippen molar-refractivity contribution in [1.82, 2.24) is 4.90 Å². The van der Waals surface area contributed by atoms with E-state index in [1.807, 2.05) is 39.8 Å². The molecule has 0 bridgehead atoms. The Morgan fingerprint density at radius 2 is 1.68 bits per heavy atom. The van der Waals surface area contributed by atoms with Gasteiger partial charge < -0.3 is 9.31 Å². The number of likely N-dealkylation sites (tertiary alicyclic amines) is 1. The van der Waals surface area contributed by atoms with Crippen molar-refractivity contribution in [2.45, 2.75) is 58.3 Å². The summed E-state index contributed by atoms with van der Waals surface area (Å²) in [5, 5.41) is 0. The van der Waals surface area contributed by atoms with Crippen molar-refractivity contribution in [3.05, 3.63) is 29.6 Å². The molecule has 1 aromatic rings. The van der Waals surface area contributed by atoms with Gasteiger partial charge in [-0.3, -0.25) is 4.90 Å². The summed E-state index contributed by atoms with van der Waals surface area (Å²) in [7, 11) is -0.633. The first-order chi connectivity index (χ1) is 10.3. The zero-order chi connectivity index (χ0) is 16.0. The van der Waals surface area contributed by atoms with E-state index in [-0.39, 0.29) is 5.82 Å². The molecule has 0 saturated carbocycles. The molecule has 2 aliphatic heterocycles. The van der Waals surface area contributed by atoms with E-state index in [2.05, 4.69) is 4.90 Å². The smallest absolute Gasteiger partial charge is 0.399 e. The maximum Gasteiger partial charge on any atom is 0.497 e. The van der Waals surface area contributed by atoms with E-state index in [1.54, 1.807) is 6.07 Å². The highest BCUT2D eigenvalue weighted by Crippen LogP contribution is 2.36. The van der Waals surface area contributed by atoms with Crippen molar-refractivity contribution in [2.24, 2.45) is 0 Å². The predicted octanol–water partition coefficient (Wildman–Crippen LogP) is 2.72. The second-order valence-corrected chi connectivity index (χ2v) is 7.43. The predicted molar refractivity (Wildman–Crippen MR) is 86.6 cm³/mol. The van der Waals surface area contributed by atoms with Crippen molar-refractivity contribution >= 4 is 12.6 Å². The Morgan fingerprint density at radius 1 is 1.09 bits per heavy atom. The molecule has 3 rings (SSSR count). The van der Waals surface area contributed by atoms with E-state index >= 15 is 0 Å². The van der Waals surface area contributed by atoms with Gasteiger partial charge in [0.1, 0.15) is 5.82 Å². The summed E-state index contributed by atoms with van der Waals surface area (Å²) < 4.78 is 26.4. The molecule has 2 saturated heterocycles. The lowest BCUT2D eigenvalue weighted by atomic mass is 9.78. The SMILES string of the molecule is CC1(C)OB(c2ccc(CN3CCCC3)cc2F)OC1(C)C. The lowest BCUT2D eigenvalue weighted by molar-refractivity contribution is 0.00578. The number of hydrogen-bond donors (Lipinski definition) is 0. The molecule has 5 heteroatoms. The summed E-state index contributed by atoms with van der Waals surface area (Å²) in [6, 6.07) is 5.42. The van der Waals surface area contributed by atoms with Crippen LogP contribution in [-0.4, -0.2) is 36.3 Å². The van der Waals surface area contributed by atoms with Crippen LogP contribution in [0.1, 0.15) is 46.1 Å². The highest BCUT2D eigenvalue weighted by atomic mass is 19.1. The van der Waals surface area contributed by atoms with Gasteiger partial charge in [-0.05, 0) is 65.3 Å². The first kappa shape index (κ1) is 16.0. The van der Waals surface area contributed by atoms with E-state index in [0.29, 0.717) is 5.46 Å². The van der Waals surface area contributed by atoms with Crippen LogP contribution < -0.4 is 5.46 Å². The van der Waals surface area contributed by atoms with Gasteiger partial charge in [-0.15, -0.1) is 0 Å².